The van der Waals surface area contributed by atoms with Gasteiger partial charge >= 0.3 is 5.97 Å². The van der Waals surface area contributed by atoms with Crippen molar-refractivity contribution in [2.75, 3.05) is 7.11 Å². The van der Waals surface area contributed by atoms with Crippen LogP contribution in [0.4, 0.5) is 0 Å². The highest BCUT2D eigenvalue weighted by molar-refractivity contribution is 5.99. The fraction of sp³-hybridized carbons (Fsp3) is 0.0588. The Balaban J connectivity index is 2.02. The average molecular weight is 293 g/mol. The Morgan fingerprint density at radius 3 is 2.32 bits per heavy atom. The lowest BCUT2D eigenvalue weighted by Crippen LogP contribution is -2.10. The summed E-state index contributed by atoms with van der Waals surface area (Å²) in [6.45, 7) is 0. The molecule has 1 aliphatic rings. The van der Waals surface area contributed by atoms with E-state index in [9.17, 15) is 4.79 Å². The lowest BCUT2D eigenvalue weighted by molar-refractivity contribution is 0.0590. The minimum Gasteiger partial charge on any atom is -0.464 e. The average Bonchev–Trinajstić information content (AvgIpc) is 2.58. The molecule has 108 valence electrons. The van der Waals surface area contributed by atoms with Crippen molar-refractivity contribution < 1.29 is 19.0 Å². The molecule has 0 fully saturated rings. The van der Waals surface area contributed by atoms with E-state index in [1.54, 1.807) is 6.07 Å². The summed E-state index contributed by atoms with van der Waals surface area (Å²) in [4.78, 5) is 16.4. The lowest BCUT2D eigenvalue weighted by atomic mass is 10.1. The first-order valence-electron chi connectivity index (χ1n) is 6.73. The second-order valence-electron chi connectivity index (χ2n) is 4.78. The summed E-state index contributed by atoms with van der Waals surface area (Å²) < 4.78 is 16.6. The van der Waals surface area contributed by atoms with E-state index in [0.717, 1.165) is 5.39 Å². The van der Waals surface area contributed by atoms with Gasteiger partial charge in [0, 0.05) is 5.39 Å². The van der Waals surface area contributed by atoms with E-state index < -0.39 is 5.97 Å². The molecule has 0 saturated carbocycles. The van der Waals surface area contributed by atoms with Crippen molar-refractivity contribution >= 4 is 16.9 Å². The van der Waals surface area contributed by atoms with Crippen LogP contribution in [0.15, 0.2) is 48.5 Å². The first-order chi connectivity index (χ1) is 10.8. The van der Waals surface area contributed by atoms with E-state index in [2.05, 4.69) is 4.98 Å². The van der Waals surface area contributed by atoms with Crippen LogP contribution in [0.25, 0.3) is 10.9 Å². The number of benzene rings is 2. The normalized spacial score (nSPS) is 11.9. The Morgan fingerprint density at radius 1 is 0.955 bits per heavy atom. The number of pyridine rings is 1. The SMILES string of the molecule is COC(=O)c1nc2ccccc2c2c1Oc1ccccc1O2. The lowest BCUT2D eigenvalue weighted by Gasteiger charge is -2.22. The van der Waals surface area contributed by atoms with Crippen molar-refractivity contribution in [3.63, 3.8) is 0 Å². The number of carbonyl (C=O) groups excluding carboxylic acids is 1. The van der Waals surface area contributed by atoms with Crippen molar-refractivity contribution in [1.29, 1.82) is 0 Å². The van der Waals surface area contributed by atoms with E-state index in [4.69, 9.17) is 14.2 Å². The van der Waals surface area contributed by atoms with Crippen LogP contribution in [0, 0.1) is 0 Å². The maximum Gasteiger partial charge on any atom is 0.360 e. The number of hydrogen-bond donors (Lipinski definition) is 0. The molecule has 22 heavy (non-hydrogen) atoms. The smallest absolute Gasteiger partial charge is 0.360 e. The third-order valence-corrected chi connectivity index (χ3v) is 3.45. The highest BCUT2D eigenvalue weighted by atomic mass is 16.6. The van der Waals surface area contributed by atoms with E-state index in [0.29, 0.717) is 22.8 Å². The monoisotopic (exact) mass is 293 g/mol. The molecule has 0 atom stereocenters. The van der Waals surface area contributed by atoms with Gasteiger partial charge in [-0.05, 0) is 24.3 Å². The quantitative estimate of drug-likeness (QED) is 0.498. The highest BCUT2D eigenvalue weighted by Crippen LogP contribution is 2.49. The van der Waals surface area contributed by atoms with Crippen LogP contribution in [-0.4, -0.2) is 18.1 Å². The molecule has 1 aromatic heterocycles. The highest BCUT2D eigenvalue weighted by Gasteiger charge is 2.28. The molecular formula is C17H11NO4. The molecule has 0 radical (unpaired) electrons. The maximum atomic E-state index is 12.0. The Bertz CT molecular complexity index is 904. The van der Waals surface area contributed by atoms with Crippen LogP contribution >= 0.6 is 0 Å². The third kappa shape index (κ3) is 1.79. The van der Waals surface area contributed by atoms with Gasteiger partial charge in [-0.2, -0.15) is 0 Å². The second kappa shape index (κ2) is 4.73. The number of ether oxygens (including phenoxy) is 3. The molecule has 1 aliphatic heterocycles. The summed E-state index contributed by atoms with van der Waals surface area (Å²) in [5.74, 6) is 1.33. The summed E-state index contributed by atoms with van der Waals surface area (Å²) in [7, 11) is 1.31. The van der Waals surface area contributed by atoms with E-state index in [1.807, 2.05) is 42.5 Å². The molecule has 5 heteroatoms. The molecule has 5 nitrogen and oxygen atoms in total. The fourth-order valence-corrected chi connectivity index (χ4v) is 2.43. The summed E-state index contributed by atoms with van der Waals surface area (Å²) in [6.07, 6.45) is 0. The van der Waals surface area contributed by atoms with Crippen molar-refractivity contribution in [3.05, 3.63) is 54.2 Å². The van der Waals surface area contributed by atoms with Crippen molar-refractivity contribution in [2.24, 2.45) is 0 Å². The van der Waals surface area contributed by atoms with Gasteiger partial charge in [0.05, 0.1) is 12.6 Å². The Hall–Kier alpha value is -3.08. The molecule has 0 spiro atoms. The third-order valence-electron chi connectivity index (χ3n) is 3.45. The number of para-hydroxylation sites is 3. The van der Waals surface area contributed by atoms with Crippen molar-refractivity contribution in [3.8, 4) is 23.0 Å². The van der Waals surface area contributed by atoms with E-state index >= 15 is 0 Å². The molecule has 4 rings (SSSR count). The van der Waals surface area contributed by atoms with Gasteiger partial charge in [-0.15, -0.1) is 0 Å². The number of nitrogens with zero attached hydrogens (tertiary/aromatic N) is 1. The number of fused-ring (bicyclic) bond motifs is 4. The molecule has 0 bridgehead atoms. The Morgan fingerprint density at radius 2 is 1.59 bits per heavy atom. The van der Waals surface area contributed by atoms with Crippen molar-refractivity contribution in [1.82, 2.24) is 4.98 Å². The standard InChI is InChI=1S/C17H11NO4/c1-20-17(19)14-16-15(10-6-2-3-7-11(10)18-14)21-12-8-4-5-9-13(12)22-16/h2-9H,1H3. The number of aromatic nitrogens is 1. The number of rotatable bonds is 1. The molecule has 0 unspecified atom stereocenters. The van der Waals surface area contributed by atoms with Crippen LogP contribution < -0.4 is 9.47 Å². The van der Waals surface area contributed by atoms with Gasteiger partial charge in [0.25, 0.3) is 0 Å². The zero-order valence-corrected chi connectivity index (χ0v) is 11.7. The summed E-state index contributed by atoms with van der Waals surface area (Å²) in [6, 6.07) is 14.7. The number of methoxy groups -OCH3 is 1. The molecule has 0 N–H and O–H groups in total. The number of hydrogen-bond acceptors (Lipinski definition) is 5. The summed E-state index contributed by atoms with van der Waals surface area (Å²) in [5, 5.41) is 0.777. The second-order valence-corrected chi connectivity index (χ2v) is 4.78. The van der Waals surface area contributed by atoms with Gasteiger partial charge in [0.2, 0.25) is 5.75 Å². The number of carbonyl (C=O) groups is 1. The Kier molecular flexibility index (Phi) is 2.72. The van der Waals surface area contributed by atoms with Crippen LogP contribution in [0.1, 0.15) is 10.5 Å². The molecule has 2 aromatic carbocycles. The van der Waals surface area contributed by atoms with Gasteiger partial charge in [-0.1, -0.05) is 24.3 Å². The fourth-order valence-electron chi connectivity index (χ4n) is 2.43. The maximum absolute atomic E-state index is 12.0. The molecule has 3 aromatic rings. The zero-order valence-electron chi connectivity index (χ0n) is 11.7. The van der Waals surface area contributed by atoms with Crippen LogP contribution in [0.3, 0.4) is 0 Å². The van der Waals surface area contributed by atoms with Gasteiger partial charge in [0.15, 0.2) is 22.9 Å². The van der Waals surface area contributed by atoms with Crippen molar-refractivity contribution in [2.45, 2.75) is 0 Å². The van der Waals surface area contributed by atoms with Gasteiger partial charge < -0.3 is 14.2 Å². The molecule has 0 saturated heterocycles. The molecule has 2 heterocycles. The predicted octanol–water partition coefficient (Wildman–Crippen LogP) is 3.92. The molecular weight excluding hydrogens is 282 g/mol. The van der Waals surface area contributed by atoms with Gasteiger partial charge in [0.1, 0.15) is 0 Å². The first kappa shape index (κ1) is 12.6. The van der Waals surface area contributed by atoms with E-state index in [1.165, 1.54) is 7.11 Å². The summed E-state index contributed by atoms with van der Waals surface area (Å²) >= 11 is 0. The minimum absolute atomic E-state index is 0.103. The van der Waals surface area contributed by atoms with E-state index in [-0.39, 0.29) is 11.4 Å². The van der Waals surface area contributed by atoms with Crippen LogP contribution in [0.5, 0.6) is 23.0 Å². The first-order valence-corrected chi connectivity index (χ1v) is 6.73. The Labute approximate surface area is 126 Å². The van der Waals surface area contributed by atoms with Crippen LogP contribution in [-0.2, 0) is 4.74 Å². The topological polar surface area (TPSA) is 57.7 Å². The predicted molar refractivity (Wildman–Crippen MR) is 79.7 cm³/mol. The number of esters is 1. The molecule has 0 amide bonds. The summed E-state index contributed by atoms with van der Waals surface area (Å²) in [5.41, 5.74) is 0.746. The molecule has 0 aliphatic carbocycles. The zero-order chi connectivity index (χ0) is 15.1. The largest absolute Gasteiger partial charge is 0.464 e. The minimum atomic E-state index is -0.565. The van der Waals surface area contributed by atoms with Crippen LogP contribution in [0.2, 0.25) is 0 Å². The van der Waals surface area contributed by atoms with Gasteiger partial charge in [-0.3, -0.25) is 0 Å². The van der Waals surface area contributed by atoms with Gasteiger partial charge in [-0.25, -0.2) is 9.78 Å².